The fraction of sp³-hybridized carbons (Fsp3) is 0.600. The van der Waals surface area contributed by atoms with Crippen molar-refractivity contribution >= 4 is 0 Å². The Balaban J connectivity index is 1.72. The molecule has 2 aliphatic rings. The van der Waals surface area contributed by atoms with Gasteiger partial charge in [0.05, 0.1) is 12.2 Å². The Morgan fingerprint density at radius 1 is 1.34 bits per heavy atom. The zero-order chi connectivity index (χ0) is 20.8. The number of unbranched alkanes of at least 4 members (excludes halogenated alkanes) is 1. The van der Waals surface area contributed by atoms with Crippen molar-refractivity contribution in [3.63, 3.8) is 0 Å². The van der Waals surface area contributed by atoms with E-state index in [2.05, 4.69) is 35.4 Å². The van der Waals surface area contributed by atoms with Gasteiger partial charge in [-0.05, 0) is 51.3 Å². The smallest absolute Gasteiger partial charge is 0.126 e. The molecule has 3 N–H and O–H groups in total. The molecule has 0 aromatic heterocycles. The third-order valence-corrected chi connectivity index (χ3v) is 6.33. The molecule has 0 saturated heterocycles. The average molecular weight is 398 g/mol. The first kappa shape index (κ1) is 21.9. The van der Waals surface area contributed by atoms with Gasteiger partial charge in [-0.2, -0.15) is 0 Å². The van der Waals surface area contributed by atoms with E-state index in [0.717, 1.165) is 31.6 Å². The van der Waals surface area contributed by atoms with Crippen molar-refractivity contribution < 1.29 is 14.9 Å². The topological polar surface area (TPSA) is 61.7 Å². The molecule has 1 aromatic rings. The molecule has 1 saturated carbocycles. The monoisotopic (exact) mass is 397 g/mol. The number of hydrogen-bond acceptors (Lipinski definition) is 4. The van der Waals surface area contributed by atoms with Crippen molar-refractivity contribution in [1.29, 1.82) is 0 Å². The number of aryl methyl sites for hydroxylation is 1. The second-order valence-electron chi connectivity index (χ2n) is 8.44. The lowest BCUT2D eigenvalue weighted by atomic mass is 9.86. The Hall–Kier alpha value is -1.80. The van der Waals surface area contributed by atoms with E-state index in [0.29, 0.717) is 12.8 Å². The van der Waals surface area contributed by atoms with Crippen LogP contribution in [0, 0.1) is 23.7 Å². The van der Waals surface area contributed by atoms with Gasteiger partial charge in [0, 0.05) is 30.2 Å². The molecule has 1 aliphatic carbocycles. The van der Waals surface area contributed by atoms with Gasteiger partial charge in [-0.15, -0.1) is 11.8 Å². The van der Waals surface area contributed by atoms with E-state index in [1.807, 2.05) is 33.0 Å². The number of fused-ring (bicyclic) bond motifs is 3. The van der Waals surface area contributed by atoms with Crippen LogP contribution in [-0.4, -0.2) is 42.1 Å². The van der Waals surface area contributed by atoms with Crippen molar-refractivity contribution in [2.75, 3.05) is 13.6 Å². The standard InChI is InChI=1S/C25H35NO3/c1-4-5-9-17(2)21(27)14-13-19-22(28)16-23-24(19)20-12-8-11-18(25(20)29-23)10-6-7-15-26-3/h8,11-14,17,19,21-24,26-28H,6-7,9-10,15-16H2,1-3H3/b14-13+/t17-,19+,21-,22-,23+,24+/m1/s1. The normalized spacial score (nSPS) is 27.1. The maximum atomic E-state index is 10.6. The van der Waals surface area contributed by atoms with Crippen LogP contribution in [0.5, 0.6) is 5.75 Å². The predicted octanol–water partition coefficient (Wildman–Crippen LogP) is 3.42. The Bertz CT molecular complexity index is 763. The molecule has 1 fully saturated rings. The summed E-state index contributed by atoms with van der Waals surface area (Å²) in [6.07, 6.45) is 7.49. The summed E-state index contributed by atoms with van der Waals surface area (Å²) in [6.45, 7) is 4.85. The molecule has 0 bridgehead atoms. The van der Waals surface area contributed by atoms with Crippen LogP contribution < -0.4 is 10.1 Å². The van der Waals surface area contributed by atoms with Crippen LogP contribution in [0.3, 0.4) is 0 Å². The van der Waals surface area contributed by atoms with Crippen LogP contribution in [0.4, 0.5) is 0 Å². The van der Waals surface area contributed by atoms with Gasteiger partial charge >= 0.3 is 0 Å². The van der Waals surface area contributed by atoms with Gasteiger partial charge in [0.2, 0.25) is 0 Å². The minimum absolute atomic E-state index is 0.0219. The summed E-state index contributed by atoms with van der Waals surface area (Å²) in [6, 6.07) is 6.43. The summed E-state index contributed by atoms with van der Waals surface area (Å²) in [7, 11) is 1.98. The predicted molar refractivity (Wildman–Crippen MR) is 117 cm³/mol. The molecule has 3 rings (SSSR count). The number of para-hydroxylation sites is 1. The zero-order valence-corrected chi connectivity index (χ0v) is 17.9. The first-order valence-electron chi connectivity index (χ1n) is 10.9. The van der Waals surface area contributed by atoms with Crippen molar-refractivity contribution in [3.05, 3.63) is 41.5 Å². The molecule has 4 heteroatoms. The fourth-order valence-corrected chi connectivity index (χ4v) is 4.60. The van der Waals surface area contributed by atoms with Gasteiger partial charge in [0.15, 0.2) is 0 Å². The SMILES string of the molecule is CC#CC[C@@H](C)[C@H](O)/C=C/[C@@H]1[C@H]2c3cccc(CCCCNC)c3O[C@H]2C[C@H]1O. The molecule has 158 valence electrons. The molecule has 4 nitrogen and oxygen atoms in total. The first-order chi connectivity index (χ1) is 14.1. The van der Waals surface area contributed by atoms with E-state index in [-0.39, 0.29) is 23.9 Å². The average Bonchev–Trinajstić information content (AvgIpc) is 3.22. The molecule has 1 aliphatic heterocycles. The molecule has 29 heavy (non-hydrogen) atoms. The Kier molecular flexibility index (Phi) is 7.77. The van der Waals surface area contributed by atoms with Crippen LogP contribution in [0.2, 0.25) is 0 Å². The van der Waals surface area contributed by atoms with Crippen molar-refractivity contribution in [2.24, 2.45) is 11.8 Å². The second kappa shape index (κ2) is 10.3. The van der Waals surface area contributed by atoms with Crippen molar-refractivity contribution in [3.8, 4) is 17.6 Å². The lowest BCUT2D eigenvalue weighted by Gasteiger charge is -2.19. The third kappa shape index (κ3) is 5.04. The Labute approximate surface area is 175 Å². The molecular weight excluding hydrogens is 362 g/mol. The van der Waals surface area contributed by atoms with E-state index >= 15 is 0 Å². The number of ether oxygens (including phenoxy) is 1. The van der Waals surface area contributed by atoms with E-state index in [1.54, 1.807) is 0 Å². The van der Waals surface area contributed by atoms with E-state index < -0.39 is 12.2 Å². The highest BCUT2D eigenvalue weighted by Crippen LogP contribution is 2.52. The largest absolute Gasteiger partial charge is 0.489 e. The Morgan fingerprint density at radius 2 is 2.17 bits per heavy atom. The summed E-state index contributed by atoms with van der Waals surface area (Å²) in [4.78, 5) is 0. The molecule has 0 radical (unpaired) electrons. The zero-order valence-electron chi connectivity index (χ0n) is 17.9. The van der Waals surface area contributed by atoms with Crippen molar-refractivity contribution in [1.82, 2.24) is 5.32 Å². The maximum absolute atomic E-state index is 10.6. The van der Waals surface area contributed by atoms with Crippen LogP contribution in [0.25, 0.3) is 0 Å². The van der Waals surface area contributed by atoms with E-state index in [4.69, 9.17) is 4.74 Å². The molecule has 1 heterocycles. The maximum Gasteiger partial charge on any atom is 0.126 e. The summed E-state index contributed by atoms with van der Waals surface area (Å²) in [5.74, 6) is 7.15. The lowest BCUT2D eigenvalue weighted by molar-refractivity contribution is 0.134. The number of benzene rings is 1. The van der Waals surface area contributed by atoms with Crippen LogP contribution >= 0.6 is 0 Å². The number of nitrogens with one attached hydrogen (secondary N) is 1. The number of aliphatic hydroxyl groups excluding tert-OH is 2. The summed E-state index contributed by atoms with van der Waals surface area (Å²) < 4.78 is 6.34. The second-order valence-corrected chi connectivity index (χ2v) is 8.44. The summed E-state index contributed by atoms with van der Waals surface area (Å²) >= 11 is 0. The van der Waals surface area contributed by atoms with Gasteiger partial charge in [-0.3, -0.25) is 0 Å². The first-order valence-corrected chi connectivity index (χ1v) is 10.9. The van der Waals surface area contributed by atoms with Crippen LogP contribution in [0.1, 0.15) is 56.6 Å². The quantitative estimate of drug-likeness (QED) is 0.339. The van der Waals surface area contributed by atoms with Gasteiger partial charge in [-0.1, -0.05) is 37.3 Å². The Morgan fingerprint density at radius 3 is 2.93 bits per heavy atom. The molecule has 1 aromatic carbocycles. The molecular formula is C25H35NO3. The van der Waals surface area contributed by atoms with E-state index in [1.165, 1.54) is 11.1 Å². The van der Waals surface area contributed by atoms with Crippen LogP contribution in [0.15, 0.2) is 30.4 Å². The van der Waals surface area contributed by atoms with Gasteiger partial charge in [0.1, 0.15) is 11.9 Å². The molecule has 6 atom stereocenters. The highest BCUT2D eigenvalue weighted by atomic mass is 16.5. The number of aliphatic hydroxyl groups is 2. The lowest BCUT2D eigenvalue weighted by Crippen LogP contribution is -2.19. The number of rotatable bonds is 9. The molecule has 0 amide bonds. The summed E-state index contributed by atoms with van der Waals surface area (Å²) in [5.41, 5.74) is 2.49. The third-order valence-electron chi connectivity index (χ3n) is 6.33. The highest BCUT2D eigenvalue weighted by molar-refractivity contribution is 5.49. The van der Waals surface area contributed by atoms with E-state index in [9.17, 15) is 10.2 Å². The van der Waals surface area contributed by atoms with Gasteiger partial charge in [-0.25, -0.2) is 0 Å². The van der Waals surface area contributed by atoms with Crippen molar-refractivity contribution in [2.45, 2.75) is 70.2 Å². The fourth-order valence-electron chi connectivity index (χ4n) is 4.60. The molecule has 0 spiro atoms. The van der Waals surface area contributed by atoms with Crippen LogP contribution in [-0.2, 0) is 6.42 Å². The van der Waals surface area contributed by atoms with Gasteiger partial charge in [0.25, 0.3) is 0 Å². The van der Waals surface area contributed by atoms with Gasteiger partial charge < -0.3 is 20.3 Å². The summed E-state index contributed by atoms with van der Waals surface area (Å²) in [5, 5.41) is 24.3. The molecule has 0 unspecified atom stereocenters. The number of hydrogen-bond donors (Lipinski definition) is 3. The minimum Gasteiger partial charge on any atom is -0.489 e. The highest BCUT2D eigenvalue weighted by Gasteiger charge is 2.48. The minimum atomic E-state index is -0.553.